The third kappa shape index (κ3) is 4.71. The number of tetrazole rings is 1. The van der Waals surface area contributed by atoms with E-state index in [1.54, 1.807) is 21.7 Å². The van der Waals surface area contributed by atoms with Crippen LogP contribution in [0.5, 0.6) is 0 Å². The molecular formula is C22H26N6O3S. The lowest BCUT2D eigenvalue weighted by Crippen LogP contribution is -2.50. The first-order valence-electron chi connectivity index (χ1n) is 10.5. The summed E-state index contributed by atoms with van der Waals surface area (Å²) in [6.07, 6.45) is 1.77. The number of piperazine rings is 1. The molecule has 10 heteroatoms. The molecule has 0 spiro atoms. The van der Waals surface area contributed by atoms with Gasteiger partial charge in [-0.2, -0.15) is 4.31 Å². The Kier molecular flexibility index (Phi) is 6.33. The van der Waals surface area contributed by atoms with Gasteiger partial charge in [-0.1, -0.05) is 38.1 Å². The summed E-state index contributed by atoms with van der Waals surface area (Å²) >= 11 is 0. The summed E-state index contributed by atoms with van der Waals surface area (Å²) < 4.78 is 28.9. The minimum atomic E-state index is -3.56. The Morgan fingerprint density at radius 2 is 1.62 bits per heavy atom. The number of benzene rings is 2. The second-order valence-electron chi connectivity index (χ2n) is 8.11. The smallest absolute Gasteiger partial charge is 0.243 e. The summed E-state index contributed by atoms with van der Waals surface area (Å²) in [6, 6.07) is 14.5. The SMILES string of the molecule is CC(C)c1ccc(S(=O)(=O)N2CCN(C(=O)Cc3ccc(-n4cnnn4)cc3)CC2)cc1. The van der Waals surface area contributed by atoms with Crippen molar-refractivity contribution in [3.05, 3.63) is 66.0 Å². The predicted octanol–water partition coefficient (Wildman–Crippen LogP) is 1.86. The van der Waals surface area contributed by atoms with Gasteiger partial charge in [0, 0.05) is 26.2 Å². The Balaban J connectivity index is 1.34. The van der Waals surface area contributed by atoms with E-state index in [4.69, 9.17) is 0 Å². The van der Waals surface area contributed by atoms with Crippen molar-refractivity contribution in [3.63, 3.8) is 0 Å². The molecule has 168 valence electrons. The number of hydrogen-bond donors (Lipinski definition) is 0. The maximum Gasteiger partial charge on any atom is 0.243 e. The molecule has 0 bridgehead atoms. The molecule has 0 unspecified atom stereocenters. The fraction of sp³-hybridized carbons (Fsp3) is 0.364. The third-order valence-electron chi connectivity index (χ3n) is 5.68. The zero-order chi connectivity index (χ0) is 22.7. The molecule has 1 amide bonds. The zero-order valence-electron chi connectivity index (χ0n) is 18.1. The van der Waals surface area contributed by atoms with Gasteiger partial charge in [-0.25, -0.2) is 13.1 Å². The highest BCUT2D eigenvalue weighted by Crippen LogP contribution is 2.21. The molecule has 0 N–H and O–H groups in total. The van der Waals surface area contributed by atoms with E-state index >= 15 is 0 Å². The van der Waals surface area contributed by atoms with Gasteiger partial charge in [-0.05, 0) is 51.7 Å². The molecule has 1 fully saturated rings. The normalized spacial score (nSPS) is 15.3. The number of amides is 1. The largest absolute Gasteiger partial charge is 0.340 e. The van der Waals surface area contributed by atoms with Gasteiger partial charge in [0.25, 0.3) is 0 Å². The van der Waals surface area contributed by atoms with Crippen molar-refractivity contribution in [2.45, 2.75) is 31.1 Å². The van der Waals surface area contributed by atoms with E-state index in [0.29, 0.717) is 23.9 Å². The Morgan fingerprint density at radius 1 is 0.969 bits per heavy atom. The maximum atomic E-state index is 13.0. The van der Waals surface area contributed by atoms with Crippen LogP contribution in [0.25, 0.3) is 5.69 Å². The topological polar surface area (TPSA) is 101 Å². The van der Waals surface area contributed by atoms with Crippen LogP contribution in [0.2, 0.25) is 0 Å². The average molecular weight is 455 g/mol. The van der Waals surface area contributed by atoms with Gasteiger partial charge in [0.15, 0.2) is 0 Å². The Morgan fingerprint density at radius 3 is 2.19 bits per heavy atom. The Bertz CT molecular complexity index is 1150. The van der Waals surface area contributed by atoms with E-state index in [1.807, 2.05) is 36.4 Å². The molecular weight excluding hydrogens is 428 g/mol. The molecule has 1 aliphatic rings. The highest BCUT2D eigenvalue weighted by atomic mass is 32.2. The van der Waals surface area contributed by atoms with Crippen molar-refractivity contribution in [3.8, 4) is 5.69 Å². The number of nitrogens with zero attached hydrogens (tertiary/aromatic N) is 6. The monoisotopic (exact) mass is 454 g/mol. The van der Waals surface area contributed by atoms with Gasteiger partial charge in [-0.15, -0.1) is 5.10 Å². The fourth-order valence-corrected chi connectivity index (χ4v) is 5.11. The minimum Gasteiger partial charge on any atom is -0.340 e. The van der Waals surface area contributed by atoms with E-state index in [0.717, 1.165) is 16.8 Å². The fourth-order valence-electron chi connectivity index (χ4n) is 3.68. The van der Waals surface area contributed by atoms with Crippen molar-refractivity contribution in [2.24, 2.45) is 0 Å². The average Bonchev–Trinajstić information content (AvgIpc) is 3.35. The van der Waals surface area contributed by atoms with E-state index in [1.165, 1.54) is 10.6 Å². The lowest BCUT2D eigenvalue weighted by Gasteiger charge is -2.34. The second-order valence-corrected chi connectivity index (χ2v) is 10.0. The van der Waals surface area contributed by atoms with Crippen LogP contribution in [0.15, 0.2) is 59.8 Å². The van der Waals surface area contributed by atoms with Gasteiger partial charge in [0.05, 0.1) is 17.0 Å². The summed E-state index contributed by atoms with van der Waals surface area (Å²) in [5, 5.41) is 11.1. The summed E-state index contributed by atoms with van der Waals surface area (Å²) in [6.45, 7) is 5.48. The molecule has 32 heavy (non-hydrogen) atoms. The van der Waals surface area contributed by atoms with Gasteiger partial charge in [0.2, 0.25) is 15.9 Å². The van der Waals surface area contributed by atoms with Crippen molar-refractivity contribution in [1.29, 1.82) is 0 Å². The minimum absolute atomic E-state index is 0.0153. The summed E-state index contributed by atoms with van der Waals surface area (Å²) in [4.78, 5) is 14.8. The lowest BCUT2D eigenvalue weighted by molar-refractivity contribution is -0.131. The Hall–Kier alpha value is -3.11. The molecule has 1 aliphatic heterocycles. The number of carbonyl (C=O) groups is 1. The van der Waals surface area contributed by atoms with E-state index < -0.39 is 10.0 Å². The lowest BCUT2D eigenvalue weighted by atomic mass is 10.0. The zero-order valence-corrected chi connectivity index (χ0v) is 18.9. The van der Waals surface area contributed by atoms with Crippen LogP contribution >= 0.6 is 0 Å². The van der Waals surface area contributed by atoms with Crippen molar-refractivity contribution in [1.82, 2.24) is 29.4 Å². The third-order valence-corrected chi connectivity index (χ3v) is 7.59. The van der Waals surface area contributed by atoms with Gasteiger partial charge in [-0.3, -0.25) is 4.79 Å². The molecule has 1 saturated heterocycles. The first kappa shape index (κ1) is 22.1. The molecule has 0 radical (unpaired) electrons. The number of rotatable bonds is 6. The van der Waals surface area contributed by atoms with Crippen molar-refractivity contribution < 1.29 is 13.2 Å². The van der Waals surface area contributed by atoms with E-state index in [2.05, 4.69) is 29.4 Å². The van der Waals surface area contributed by atoms with Gasteiger partial charge >= 0.3 is 0 Å². The molecule has 9 nitrogen and oxygen atoms in total. The van der Waals surface area contributed by atoms with Gasteiger partial charge < -0.3 is 4.90 Å². The molecule has 0 aliphatic carbocycles. The number of sulfonamides is 1. The highest BCUT2D eigenvalue weighted by Gasteiger charge is 2.30. The quantitative estimate of drug-likeness (QED) is 0.564. The van der Waals surface area contributed by atoms with Crippen LogP contribution in [0.1, 0.15) is 30.9 Å². The first-order valence-corrected chi connectivity index (χ1v) is 12.0. The number of carbonyl (C=O) groups excluding carboxylic acids is 1. The van der Waals surface area contributed by atoms with E-state index in [-0.39, 0.29) is 25.4 Å². The Labute approximate surface area is 187 Å². The van der Waals surface area contributed by atoms with Crippen molar-refractivity contribution in [2.75, 3.05) is 26.2 Å². The summed E-state index contributed by atoms with van der Waals surface area (Å²) in [5.74, 6) is 0.329. The summed E-state index contributed by atoms with van der Waals surface area (Å²) in [7, 11) is -3.56. The van der Waals surface area contributed by atoms with Crippen LogP contribution < -0.4 is 0 Å². The number of hydrogen-bond acceptors (Lipinski definition) is 6. The number of aromatic nitrogens is 4. The maximum absolute atomic E-state index is 13.0. The van der Waals surface area contributed by atoms with Crippen LogP contribution in [0, 0.1) is 0 Å². The van der Waals surface area contributed by atoms with Crippen LogP contribution in [-0.4, -0.2) is 69.9 Å². The highest BCUT2D eigenvalue weighted by molar-refractivity contribution is 7.89. The molecule has 0 atom stereocenters. The standard InChI is InChI=1S/C22H26N6O3S/c1-17(2)19-5-9-21(10-6-19)32(30,31)27-13-11-26(12-14-27)22(29)15-18-3-7-20(8-4-18)28-16-23-24-25-28/h3-10,16-17H,11-15H2,1-2H3. The second kappa shape index (κ2) is 9.17. The molecule has 3 aromatic rings. The molecule has 2 aromatic carbocycles. The van der Waals surface area contributed by atoms with Gasteiger partial charge in [0.1, 0.15) is 6.33 Å². The van der Waals surface area contributed by atoms with Crippen LogP contribution in [0.4, 0.5) is 0 Å². The van der Waals surface area contributed by atoms with E-state index in [9.17, 15) is 13.2 Å². The molecule has 2 heterocycles. The van der Waals surface area contributed by atoms with Crippen LogP contribution in [-0.2, 0) is 21.2 Å². The first-order chi connectivity index (χ1) is 15.3. The summed E-state index contributed by atoms with van der Waals surface area (Å²) in [5.41, 5.74) is 2.80. The molecule has 4 rings (SSSR count). The molecule has 0 saturated carbocycles. The predicted molar refractivity (Wildman–Crippen MR) is 119 cm³/mol. The van der Waals surface area contributed by atoms with Crippen molar-refractivity contribution >= 4 is 15.9 Å². The molecule has 1 aromatic heterocycles. The van der Waals surface area contributed by atoms with Crippen LogP contribution in [0.3, 0.4) is 0 Å².